The van der Waals surface area contributed by atoms with E-state index in [9.17, 15) is 5.11 Å². The first-order chi connectivity index (χ1) is 8.16. The molecule has 2 aromatic carbocycles. The van der Waals surface area contributed by atoms with Gasteiger partial charge in [0.25, 0.3) is 0 Å². The van der Waals surface area contributed by atoms with E-state index in [1.165, 1.54) is 12.1 Å². The minimum atomic E-state index is -0.174. The van der Waals surface area contributed by atoms with Gasteiger partial charge in [-0.2, -0.15) is 0 Å². The lowest BCUT2D eigenvalue weighted by Gasteiger charge is -2.09. The van der Waals surface area contributed by atoms with Gasteiger partial charge in [-0.1, -0.05) is 24.3 Å². The second-order valence-electron chi connectivity index (χ2n) is 3.87. The summed E-state index contributed by atoms with van der Waals surface area (Å²) >= 11 is 0. The topological polar surface area (TPSA) is 49.7 Å². The van der Waals surface area contributed by atoms with Crippen LogP contribution in [0, 0.1) is 6.92 Å². The first kappa shape index (κ1) is 11.3. The molecule has 0 aliphatic carbocycles. The molecule has 17 heavy (non-hydrogen) atoms. The average Bonchev–Trinajstić information content (AvgIpc) is 2.32. The van der Waals surface area contributed by atoms with Gasteiger partial charge in [-0.25, -0.2) is 0 Å². The van der Waals surface area contributed by atoms with Gasteiger partial charge >= 0.3 is 0 Å². The van der Waals surface area contributed by atoms with E-state index in [4.69, 9.17) is 9.84 Å². The van der Waals surface area contributed by atoms with Gasteiger partial charge in [0.05, 0.1) is 0 Å². The van der Waals surface area contributed by atoms with Crippen molar-refractivity contribution in [2.75, 3.05) is 0 Å². The van der Waals surface area contributed by atoms with Crippen LogP contribution in [0.2, 0.25) is 0 Å². The molecule has 3 heteroatoms. The highest BCUT2D eigenvalue weighted by Crippen LogP contribution is 2.29. The van der Waals surface area contributed by atoms with Crippen molar-refractivity contribution in [1.82, 2.24) is 0 Å². The van der Waals surface area contributed by atoms with Crippen LogP contribution in [0.25, 0.3) is 0 Å². The monoisotopic (exact) mass is 230 g/mol. The lowest BCUT2D eigenvalue weighted by molar-refractivity contribution is 0.302. The Morgan fingerprint density at radius 2 is 1.76 bits per heavy atom. The molecule has 2 N–H and O–H groups in total. The Morgan fingerprint density at radius 3 is 2.47 bits per heavy atom. The van der Waals surface area contributed by atoms with Crippen molar-refractivity contribution in [3.05, 3.63) is 53.6 Å². The fourth-order valence-corrected chi connectivity index (χ4v) is 1.53. The van der Waals surface area contributed by atoms with Crippen LogP contribution < -0.4 is 4.74 Å². The van der Waals surface area contributed by atoms with Gasteiger partial charge < -0.3 is 14.9 Å². The number of phenols is 2. The molecule has 0 heterocycles. The molecule has 2 aromatic rings. The van der Waals surface area contributed by atoms with E-state index < -0.39 is 0 Å². The Kier molecular flexibility index (Phi) is 3.19. The lowest BCUT2D eigenvalue weighted by atomic mass is 10.1. The normalized spacial score (nSPS) is 10.2. The summed E-state index contributed by atoms with van der Waals surface area (Å²) in [5.74, 6) is 0.212. The Labute approximate surface area is 99.9 Å². The zero-order valence-electron chi connectivity index (χ0n) is 9.55. The van der Waals surface area contributed by atoms with E-state index in [1.807, 2.05) is 31.2 Å². The fourth-order valence-electron chi connectivity index (χ4n) is 1.53. The molecule has 0 atom stereocenters. The summed E-state index contributed by atoms with van der Waals surface area (Å²) in [5.41, 5.74) is 2.26. The maximum Gasteiger partial charge on any atom is 0.161 e. The fraction of sp³-hybridized carbons (Fsp3) is 0.143. The molecule has 0 aliphatic heterocycles. The molecule has 0 aromatic heterocycles. The zero-order valence-corrected chi connectivity index (χ0v) is 9.55. The highest BCUT2D eigenvalue weighted by atomic mass is 16.5. The zero-order chi connectivity index (χ0) is 12.3. The number of hydrogen-bond donors (Lipinski definition) is 2. The SMILES string of the molecule is Cc1ccccc1COc1ccc(O)c(O)c1. The third-order valence-electron chi connectivity index (χ3n) is 2.60. The Balaban J connectivity index is 2.08. The van der Waals surface area contributed by atoms with Crippen molar-refractivity contribution in [1.29, 1.82) is 0 Å². The number of ether oxygens (including phenoxy) is 1. The summed E-state index contributed by atoms with van der Waals surface area (Å²) in [6.07, 6.45) is 0. The van der Waals surface area contributed by atoms with E-state index in [-0.39, 0.29) is 11.5 Å². The number of aryl methyl sites for hydroxylation is 1. The van der Waals surface area contributed by atoms with Crippen LogP contribution in [0.4, 0.5) is 0 Å². The smallest absolute Gasteiger partial charge is 0.161 e. The summed E-state index contributed by atoms with van der Waals surface area (Å²) in [5, 5.41) is 18.5. The van der Waals surface area contributed by atoms with Crippen LogP contribution >= 0.6 is 0 Å². The standard InChI is InChI=1S/C14H14O3/c1-10-4-2-3-5-11(10)9-17-12-6-7-13(15)14(16)8-12/h2-8,15-16H,9H2,1H3. The Bertz CT molecular complexity index is 521. The van der Waals surface area contributed by atoms with Crippen LogP contribution in [0.5, 0.6) is 17.2 Å². The molecular formula is C14H14O3. The summed E-state index contributed by atoms with van der Waals surface area (Å²) in [6, 6.07) is 12.4. The molecular weight excluding hydrogens is 216 g/mol. The van der Waals surface area contributed by atoms with Crippen LogP contribution in [0.1, 0.15) is 11.1 Å². The highest BCUT2D eigenvalue weighted by molar-refractivity contribution is 5.43. The van der Waals surface area contributed by atoms with Crippen LogP contribution in [0.3, 0.4) is 0 Å². The summed E-state index contributed by atoms with van der Waals surface area (Å²) < 4.78 is 5.54. The third kappa shape index (κ3) is 2.69. The van der Waals surface area contributed by atoms with Crippen LogP contribution in [-0.4, -0.2) is 10.2 Å². The molecule has 0 aliphatic rings. The van der Waals surface area contributed by atoms with Gasteiger partial charge in [-0.05, 0) is 30.2 Å². The van der Waals surface area contributed by atoms with E-state index in [1.54, 1.807) is 6.07 Å². The first-order valence-electron chi connectivity index (χ1n) is 5.36. The Morgan fingerprint density at radius 1 is 1.00 bits per heavy atom. The average molecular weight is 230 g/mol. The van der Waals surface area contributed by atoms with Gasteiger partial charge in [0.15, 0.2) is 11.5 Å². The van der Waals surface area contributed by atoms with Crippen molar-refractivity contribution in [3.8, 4) is 17.2 Å². The van der Waals surface area contributed by atoms with Gasteiger partial charge in [0.2, 0.25) is 0 Å². The van der Waals surface area contributed by atoms with E-state index in [2.05, 4.69) is 0 Å². The third-order valence-corrected chi connectivity index (χ3v) is 2.60. The van der Waals surface area contributed by atoms with Crippen molar-refractivity contribution in [2.45, 2.75) is 13.5 Å². The van der Waals surface area contributed by atoms with Gasteiger partial charge in [-0.15, -0.1) is 0 Å². The number of benzene rings is 2. The van der Waals surface area contributed by atoms with E-state index >= 15 is 0 Å². The minimum Gasteiger partial charge on any atom is -0.504 e. The molecule has 0 bridgehead atoms. The Hall–Kier alpha value is -2.16. The van der Waals surface area contributed by atoms with Crippen molar-refractivity contribution >= 4 is 0 Å². The van der Waals surface area contributed by atoms with Crippen molar-refractivity contribution in [2.24, 2.45) is 0 Å². The lowest BCUT2D eigenvalue weighted by Crippen LogP contribution is -1.97. The predicted octanol–water partition coefficient (Wildman–Crippen LogP) is 2.99. The van der Waals surface area contributed by atoms with E-state index in [0.717, 1.165) is 11.1 Å². The van der Waals surface area contributed by atoms with Gasteiger partial charge in [-0.3, -0.25) is 0 Å². The second kappa shape index (κ2) is 4.78. The molecule has 88 valence electrons. The molecule has 0 radical (unpaired) electrons. The molecule has 3 nitrogen and oxygen atoms in total. The first-order valence-corrected chi connectivity index (χ1v) is 5.36. The highest BCUT2D eigenvalue weighted by Gasteiger charge is 2.02. The maximum absolute atomic E-state index is 9.32. The molecule has 0 saturated heterocycles. The van der Waals surface area contributed by atoms with Crippen LogP contribution in [-0.2, 0) is 6.61 Å². The summed E-state index contributed by atoms with van der Waals surface area (Å²) in [6.45, 7) is 2.46. The molecule has 0 fully saturated rings. The second-order valence-corrected chi connectivity index (χ2v) is 3.87. The molecule has 0 spiro atoms. The number of hydrogen-bond acceptors (Lipinski definition) is 3. The summed E-state index contributed by atoms with van der Waals surface area (Å²) in [4.78, 5) is 0. The summed E-state index contributed by atoms with van der Waals surface area (Å²) in [7, 11) is 0. The molecule has 0 amide bonds. The largest absolute Gasteiger partial charge is 0.504 e. The maximum atomic E-state index is 9.32. The molecule has 0 saturated carbocycles. The minimum absolute atomic E-state index is 0.145. The van der Waals surface area contributed by atoms with E-state index in [0.29, 0.717) is 12.4 Å². The molecule has 2 rings (SSSR count). The quantitative estimate of drug-likeness (QED) is 0.797. The van der Waals surface area contributed by atoms with Crippen LogP contribution in [0.15, 0.2) is 42.5 Å². The number of rotatable bonds is 3. The predicted molar refractivity (Wildman–Crippen MR) is 65.3 cm³/mol. The van der Waals surface area contributed by atoms with Crippen molar-refractivity contribution < 1.29 is 14.9 Å². The van der Waals surface area contributed by atoms with Gasteiger partial charge in [0, 0.05) is 6.07 Å². The van der Waals surface area contributed by atoms with Crippen molar-refractivity contribution in [3.63, 3.8) is 0 Å². The number of phenolic OH excluding ortho intramolecular Hbond substituents is 2. The van der Waals surface area contributed by atoms with Gasteiger partial charge in [0.1, 0.15) is 12.4 Å². The number of aromatic hydroxyl groups is 2. The molecule has 0 unspecified atom stereocenters.